The van der Waals surface area contributed by atoms with E-state index in [0.717, 1.165) is 36.6 Å². The minimum atomic E-state index is -1.49. The first-order chi connectivity index (χ1) is 26.4. The summed E-state index contributed by atoms with van der Waals surface area (Å²) < 4.78 is 77.9. The molecule has 9 nitrogen and oxygen atoms in total. The number of hydrogen-bond acceptors (Lipinski definition) is 7. The number of benzene rings is 4. The highest BCUT2D eigenvalue weighted by Crippen LogP contribution is 2.41. The molecular formula is C40H28ClF5N4O5. The van der Waals surface area contributed by atoms with Crippen molar-refractivity contribution >= 4 is 46.6 Å². The number of carboxylic acid groups (broad SMARTS) is 2. The Morgan fingerprint density at radius 3 is 2.02 bits per heavy atom. The van der Waals surface area contributed by atoms with Crippen molar-refractivity contribution in [3.05, 3.63) is 148 Å². The zero-order valence-electron chi connectivity index (χ0n) is 28.5. The summed E-state index contributed by atoms with van der Waals surface area (Å²) in [5.74, 6) is -7.91. The number of aromatic carboxylic acids is 2. The van der Waals surface area contributed by atoms with Crippen molar-refractivity contribution in [1.29, 1.82) is 0 Å². The van der Waals surface area contributed by atoms with E-state index in [9.17, 15) is 36.6 Å². The van der Waals surface area contributed by atoms with Crippen molar-refractivity contribution in [2.45, 2.75) is 18.8 Å². The predicted molar refractivity (Wildman–Crippen MR) is 196 cm³/mol. The molecule has 7 rings (SSSR count). The average Bonchev–Trinajstić information content (AvgIpc) is 4.03. The van der Waals surface area contributed by atoms with Crippen LogP contribution >= 0.6 is 11.6 Å². The third-order valence-electron chi connectivity index (χ3n) is 8.48. The Bertz CT molecular complexity index is 2420. The standard InChI is InChI=1S/C21H15ClF2N2O2.C19H13F3N2O3/c22-16-4-2-1-3-14(16)12-8-17(23)19(18(24)9-12)26-20-15(21(27)28)7-13(10-25-20)11-5-6-11;1-27-11-5-2-4-10(8-11)13-9-14(20)17(16(22)15(13)21)24-18-12(19(25)26)6-3-7-23-18/h1-4,7-11H,5-6H2,(H,25,26)(H,27,28);2-9H,1H3,(H,23,24)(H,25,26). The highest BCUT2D eigenvalue weighted by atomic mass is 35.5. The van der Waals surface area contributed by atoms with Crippen LogP contribution in [0.2, 0.25) is 5.02 Å². The summed E-state index contributed by atoms with van der Waals surface area (Å²) in [5, 5.41) is 23.7. The number of ether oxygens (including phenoxy) is 1. The van der Waals surface area contributed by atoms with Gasteiger partial charge in [-0.15, -0.1) is 0 Å². The number of hydrogen-bond donors (Lipinski definition) is 4. The Labute approximate surface area is 315 Å². The number of pyridine rings is 2. The zero-order valence-corrected chi connectivity index (χ0v) is 29.3. The highest BCUT2D eigenvalue weighted by molar-refractivity contribution is 6.33. The maximum atomic E-state index is 14.6. The van der Waals surface area contributed by atoms with Gasteiger partial charge in [-0.05, 0) is 90.0 Å². The summed E-state index contributed by atoms with van der Waals surface area (Å²) in [7, 11) is 1.41. The molecule has 2 heterocycles. The van der Waals surface area contributed by atoms with Gasteiger partial charge >= 0.3 is 11.9 Å². The summed E-state index contributed by atoms with van der Waals surface area (Å²) in [6, 6.07) is 20.0. The minimum Gasteiger partial charge on any atom is -0.497 e. The Balaban J connectivity index is 0.000000187. The third kappa shape index (κ3) is 8.49. The summed E-state index contributed by atoms with van der Waals surface area (Å²) in [6.45, 7) is 0. The lowest BCUT2D eigenvalue weighted by molar-refractivity contribution is 0.0686. The van der Waals surface area contributed by atoms with Gasteiger partial charge in [0.05, 0.1) is 7.11 Å². The molecule has 0 bridgehead atoms. The number of carboxylic acids is 2. The third-order valence-corrected chi connectivity index (χ3v) is 8.81. The Morgan fingerprint density at radius 2 is 1.36 bits per heavy atom. The van der Waals surface area contributed by atoms with Crippen molar-refractivity contribution in [3.8, 4) is 28.0 Å². The lowest BCUT2D eigenvalue weighted by atomic mass is 10.0. The number of nitrogens with zero attached hydrogens (tertiary/aromatic N) is 2. The van der Waals surface area contributed by atoms with E-state index in [4.69, 9.17) is 21.4 Å². The summed E-state index contributed by atoms with van der Waals surface area (Å²) in [4.78, 5) is 30.6. The summed E-state index contributed by atoms with van der Waals surface area (Å²) in [6.07, 6.45) is 4.76. The largest absolute Gasteiger partial charge is 0.497 e. The molecular weight excluding hydrogens is 747 g/mol. The number of halogens is 6. The molecule has 280 valence electrons. The minimum absolute atomic E-state index is 0.111. The first kappa shape index (κ1) is 38.2. The number of rotatable bonds is 10. The van der Waals surface area contributed by atoms with E-state index in [0.29, 0.717) is 22.3 Å². The molecule has 1 saturated carbocycles. The molecule has 1 aliphatic rings. The first-order valence-corrected chi connectivity index (χ1v) is 16.8. The lowest BCUT2D eigenvalue weighted by Crippen LogP contribution is -2.08. The van der Waals surface area contributed by atoms with E-state index in [1.54, 1.807) is 42.6 Å². The molecule has 15 heteroatoms. The van der Waals surface area contributed by atoms with Crippen molar-refractivity contribution < 1.29 is 46.5 Å². The number of nitrogens with one attached hydrogen (secondary N) is 2. The number of aromatic nitrogens is 2. The molecule has 4 N–H and O–H groups in total. The predicted octanol–water partition coefficient (Wildman–Crippen LogP) is 10.6. The van der Waals surface area contributed by atoms with Crippen molar-refractivity contribution in [2.24, 2.45) is 0 Å². The van der Waals surface area contributed by atoms with Crippen LogP contribution in [0.5, 0.6) is 5.75 Å². The van der Waals surface area contributed by atoms with E-state index in [-0.39, 0.29) is 39.5 Å². The fourth-order valence-corrected chi connectivity index (χ4v) is 5.80. The van der Waals surface area contributed by atoms with Crippen LogP contribution in [-0.4, -0.2) is 39.2 Å². The van der Waals surface area contributed by atoms with Gasteiger partial charge in [-0.25, -0.2) is 41.5 Å². The van der Waals surface area contributed by atoms with Gasteiger partial charge in [-0.3, -0.25) is 0 Å². The van der Waals surface area contributed by atoms with Gasteiger partial charge in [0, 0.05) is 28.5 Å². The molecule has 0 aliphatic heterocycles. The monoisotopic (exact) mass is 774 g/mol. The molecule has 4 aromatic carbocycles. The van der Waals surface area contributed by atoms with Crippen molar-refractivity contribution in [3.63, 3.8) is 0 Å². The maximum absolute atomic E-state index is 14.6. The van der Waals surface area contributed by atoms with Crippen molar-refractivity contribution in [2.75, 3.05) is 17.7 Å². The van der Waals surface area contributed by atoms with Gasteiger partial charge in [0.25, 0.3) is 0 Å². The number of anilines is 4. The molecule has 0 atom stereocenters. The van der Waals surface area contributed by atoms with Gasteiger partial charge in [0.15, 0.2) is 17.5 Å². The molecule has 0 amide bonds. The fourth-order valence-electron chi connectivity index (χ4n) is 5.55. The SMILES string of the molecule is COc1cccc(-c2cc(F)c(Nc3ncccc3C(=O)O)c(F)c2F)c1.O=C(O)c1cc(C2CC2)cnc1Nc1c(F)cc(-c2ccccc2Cl)cc1F. The van der Waals surface area contributed by atoms with Gasteiger partial charge < -0.3 is 25.6 Å². The summed E-state index contributed by atoms with van der Waals surface area (Å²) >= 11 is 6.10. The van der Waals surface area contributed by atoms with E-state index < -0.39 is 52.4 Å². The van der Waals surface area contributed by atoms with Gasteiger partial charge in [0.2, 0.25) is 0 Å². The topological polar surface area (TPSA) is 134 Å². The van der Waals surface area contributed by atoms with Gasteiger partial charge in [-0.2, -0.15) is 0 Å². The second kappa shape index (κ2) is 16.2. The first-order valence-electron chi connectivity index (χ1n) is 16.4. The van der Waals surface area contributed by atoms with E-state index in [1.165, 1.54) is 43.6 Å². The molecule has 0 radical (unpaired) electrons. The molecule has 1 aliphatic carbocycles. The second-order valence-corrected chi connectivity index (χ2v) is 12.5. The van der Waals surface area contributed by atoms with Crippen LogP contribution in [0.25, 0.3) is 22.3 Å². The van der Waals surface area contributed by atoms with E-state index >= 15 is 0 Å². The van der Waals surface area contributed by atoms with Crippen LogP contribution in [0.1, 0.15) is 45.0 Å². The number of carbonyl (C=O) groups is 2. The average molecular weight is 775 g/mol. The normalized spacial score (nSPS) is 12.0. The van der Waals surface area contributed by atoms with Crippen LogP contribution in [0.3, 0.4) is 0 Å². The molecule has 0 spiro atoms. The van der Waals surface area contributed by atoms with E-state index in [2.05, 4.69) is 20.6 Å². The van der Waals surface area contributed by atoms with Crippen LogP contribution in [0.4, 0.5) is 45.0 Å². The Kier molecular flexibility index (Phi) is 11.3. The Morgan fingerprint density at radius 1 is 0.709 bits per heavy atom. The fraction of sp³-hybridized carbons (Fsp3) is 0.100. The van der Waals surface area contributed by atoms with Gasteiger partial charge in [0.1, 0.15) is 51.5 Å². The molecule has 0 saturated heterocycles. The van der Waals surface area contributed by atoms with Crippen LogP contribution in [0.15, 0.2) is 97.3 Å². The molecule has 1 fully saturated rings. The molecule has 2 aromatic heterocycles. The molecule has 6 aromatic rings. The number of methoxy groups -OCH3 is 1. The maximum Gasteiger partial charge on any atom is 0.339 e. The van der Waals surface area contributed by atoms with Crippen LogP contribution in [-0.2, 0) is 0 Å². The smallest absolute Gasteiger partial charge is 0.339 e. The summed E-state index contributed by atoms with van der Waals surface area (Å²) in [5.41, 5.74) is -0.224. The van der Waals surface area contributed by atoms with Crippen LogP contribution < -0.4 is 15.4 Å². The molecule has 0 unspecified atom stereocenters. The van der Waals surface area contributed by atoms with Gasteiger partial charge in [-0.1, -0.05) is 41.9 Å². The van der Waals surface area contributed by atoms with E-state index in [1.807, 2.05) is 0 Å². The second-order valence-electron chi connectivity index (χ2n) is 12.1. The van der Waals surface area contributed by atoms with Crippen molar-refractivity contribution in [1.82, 2.24) is 9.97 Å². The highest BCUT2D eigenvalue weighted by Gasteiger charge is 2.27. The lowest BCUT2D eigenvalue weighted by Gasteiger charge is -2.13. The Hall–Kier alpha value is -6.54. The van der Waals surface area contributed by atoms with Crippen LogP contribution in [0, 0.1) is 29.1 Å². The zero-order chi connectivity index (χ0) is 39.4. The molecule has 55 heavy (non-hydrogen) atoms. The quantitative estimate of drug-likeness (QED) is 0.0792.